The van der Waals surface area contributed by atoms with E-state index in [-0.39, 0.29) is 16.4 Å². The van der Waals surface area contributed by atoms with Gasteiger partial charge in [-0.2, -0.15) is 0 Å². The van der Waals surface area contributed by atoms with Crippen LogP contribution in [0.1, 0.15) is 40.3 Å². The molecule has 2 amide bonds. The number of carboxylic acids is 1. The normalized spacial score (nSPS) is 13.6. The minimum absolute atomic E-state index is 0.183. The quantitative estimate of drug-likeness (QED) is 0.726. The van der Waals surface area contributed by atoms with Crippen LogP contribution in [0.15, 0.2) is 11.4 Å². The van der Waals surface area contributed by atoms with Crippen LogP contribution in [0.3, 0.4) is 0 Å². The van der Waals surface area contributed by atoms with Crippen LogP contribution in [0.25, 0.3) is 0 Å². The van der Waals surface area contributed by atoms with Crippen molar-refractivity contribution in [2.24, 2.45) is 11.7 Å². The molecule has 4 N–H and O–H groups in total. The molecule has 19 heavy (non-hydrogen) atoms. The van der Waals surface area contributed by atoms with Crippen molar-refractivity contribution in [3.8, 4) is 0 Å². The molecule has 2 atom stereocenters. The molecule has 0 fully saturated rings. The Morgan fingerprint density at radius 2 is 2.11 bits per heavy atom. The van der Waals surface area contributed by atoms with E-state index in [0.29, 0.717) is 6.42 Å². The number of hydrogen-bond acceptors (Lipinski definition) is 4. The van der Waals surface area contributed by atoms with Gasteiger partial charge >= 0.3 is 5.97 Å². The summed E-state index contributed by atoms with van der Waals surface area (Å²) < 4.78 is 0. The molecule has 1 heterocycles. The highest BCUT2D eigenvalue weighted by Gasteiger charge is 2.26. The summed E-state index contributed by atoms with van der Waals surface area (Å²) in [7, 11) is 0. The van der Waals surface area contributed by atoms with E-state index in [0.717, 1.165) is 11.3 Å². The number of nitrogens with one attached hydrogen (secondary N) is 1. The van der Waals surface area contributed by atoms with Gasteiger partial charge in [-0.25, -0.2) is 4.79 Å². The van der Waals surface area contributed by atoms with E-state index in [1.807, 2.05) is 6.92 Å². The zero-order chi connectivity index (χ0) is 14.6. The topological polar surface area (TPSA) is 109 Å². The maximum Gasteiger partial charge on any atom is 0.326 e. The van der Waals surface area contributed by atoms with Crippen molar-refractivity contribution in [3.63, 3.8) is 0 Å². The smallest absolute Gasteiger partial charge is 0.326 e. The summed E-state index contributed by atoms with van der Waals surface area (Å²) in [5.41, 5.74) is 5.33. The van der Waals surface area contributed by atoms with Gasteiger partial charge in [-0.1, -0.05) is 20.3 Å². The van der Waals surface area contributed by atoms with Crippen molar-refractivity contribution in [1.82, 2.24) is 5.32 Å². The Balaban J connectivity index is 2.81. The number of primary amides is 1. The van der Waals surface area contributed by atoms with E-state index >= 15 is 0 Å². The monoisotopic (exact) mass is 284 g/mol. The summed E-state index contributed by atoms with van der Waals surface area (Å²) >= 11 is 1.05. The van der Waals surface area contributed by atoms with E-state index in [2.05, 4.69) is 5.32 Å². The van der Waals surface area contributed by atoms with E-state index in [9.17, 15) is 14.4 Å². The van der Waals surface area contributed by atoms with Gasteiger partial charge in [-0.3, -0.25) is 9.59 Å². The average Bonchev–Trinajstić information content (AvgIpc) is 2.84. The molecular formula is C12H16N2O4S. The van der Waals surface area contributed by atoms with E-state index in [1.165, 1.54) is 11.4 Å². The second kappa shape index (κ2) is 6.33. The van der Waals surface area contributed by atoms with Crippen molar-refractivity contribution in [3.05, 3.63) is 21.9 Å². The minimum atomic E-state index is -1.07. The van der Waals surface area contributed by atoms with Crippen LogP contribution in [-0.4, -0.2) is 28.9 Å². The number of carboxylic acid groups (broad SMARTS) is 1. The second-order valence-electron chi connectivity index (χ2n) is 4.24. The van der Waals surface area contributed by atoms with Gasteiger partial charge in [-0.15, -0.1) is 11.3 Å². The Hall–Kier alpha value is -1.89. The molecule has 0 aliphatic rings. The van der Waals surface area contributed by atoms with Gasteiger partial charge in [0.2, 0.25) is 5.91 Å². The lowest BCUT2D eigenvalue weighted by molar-refractivity contribution is -0.140. The van der Waals surface area contributed by atoms with Gasteiger partial charge in [0.05, 0.1) is 10.4 Å². The van der Waals surface area contributed by atoms with Crippen LogP contribution in [0.2, 0.25) is 0 Å². The van der Waals surface area contributed by atoms with Gasteiger partial charge in [0.1, 0.15) is 6.04 Å². The van der Waals surface area contributed by atoms with E-state index in [1.54, 1.807) is 6.92 Å². The first kappa shape index (κ1) is 15.2. The number of hydrogen-bond donors (Lipinski definition) is 3. The summed E-state index contributed by atoms with van der Waals surface area (Å²) in [6.07, 6.45) is 0.633. The van der Waals surface area contributed by atoms with Gasteiger partial charge < -0.3 is 16.2 Å². The highest BCUT2D eigenvalue weighted by Crippen LogP contribution is 2.15. The molecular weight excluding hydrogens is 268 g/mol. The largest absolute Gasteiger partial charge is 0.480 e. The van der Waals surface area contributed by atoms with Gasteiger partial charge in [0.25, 0.3) is 5.91 Å². The Morgan fingerprint density at radius 3 is 2.53 bits per heavy atom. The average molecular weight is 284 g/mol. The lowest BCUT2D eigenvalue weighted by Gasteiger charge is -2.19. The van der Waals surface area contributed by atoms with Crippen LogP contribution in [0.4, 0.5) is 0 Å². The Morgan fingerprint density at radius 1 is 1.47 bits per heavy atom. The molecule has 6 nitrogen and oxygen atoms in total. The highest BCUT2D eigenvalue weighted by atomic mass is 32.1. The number of amides is 2. The molecule has 0 saturated heterocycles. The van der Waals surface area contributed by atoms with Gasteiger partial charge in [0, 0.05) is 5.38 Å². The van der Waals surface area contributed by atoms with Gasteiger partial charge in [0.15, 0.2) is 0 Å². The molecule has 0 saturated carbocycles. The predicted molar refractivity (Wildman–Crippen MR) is 71.2 cm³/mol. The summed E-state index contributed by atoms with van der Waals surface area (Å²) in [5.74, 6) is -2.39. The third-order valence-electron chi connectivity index (χ3n) is 2.87. The predicted octanol–water partition coefficient (Wildman–Crippen LogP) is 1.08. The summed E-state index contributed by atoms with van der Waals surface area (Å²) in [6, 6.07) is 0.411. The molecule has 1 aromatic heterocycles. The number of carbonyl (C=O) groups is 3. The lowest BCUT2D eigenvalue weighted by Crippen LogP contribution is -2.44. The molecule has 104 valence electrons. The summed E-state index contributed by atoms with van der Waals surface area (Å²) in [6.45, 7) is 3.60. The molecule has 1 aromatic rings. The van der Waals surface area contributed by atoms with Crippen molar-refractivity contribution in [2.45, 2.75) is 26.3 Å². The van der Waals surface area contributed by atoms with Crippen molar-refractivity contribution in [2.75, 3.05) is 0 Å². The van der Waals surface area contributed by atoms with Crippen molar-refractivity contribution < 1.29 is 19.5 Å². The number of rotatable bonds is 6. The first-order chi connectivity index (χ1) is 8.86. The summed E-state index contributed by atoms with van der Waals surface area (Å²) in [4.78, 5) is 34.2. The third-order valence-corrected chi connectivity index (χ3v) is 3.80. The molecule has 1 rings (SSSR count). The number of carbonyl (C=O) groups excluding carboxylic acids is 2. The van der Waals surface area contributed by atoms with E-state index < -0.39 is 23.8 Å². The molecule has 7 heteroatoms. The molecule has 0 unspecified atom stereocenters. The Bertz CT molecular complexity index is 498. The zero-order valence-corrected chi connectivity index (χ0v) is 11.5. The third kappa shape index (κ3) is 3.78. The molecule has 0 aliphatic carbocycles. The Kier molecular flexibility index (Phi) is 5.05. The van der Waals surface area contributed by atoms with Crippen LogP contribution >= 0.6 is 11.3 Å². The SMILES string of the molecule is CC[C@H](C)[C@H](NC(=O)c1cc(C(N)=O)cs1)C(=O)O. The highest BCUT2D eigenvalue weighted by molar-refractivity contribution is 7.12. The number of nitrogens with two attached hydrogens (primary N) is 1. The lowest BCUT2D eigenvalue weighted by atomic mass is 9.99. The molecule has 0 radical (unpaired) electrons. The molecule has 0 spiro atoms. The number of thiophene rings is 1. The summed E-state index contributed by atoms with van der Waals surface area (Å²) in [5, 5.41) is 13.0. The maximum absolute atomic E-state index is 11.9. The standard InChI is InChI=1S/C12H16N2O4S/c1-3-6(2)9(12(17)18)14-11(16)8-4-7(5-19-8)10(13)15/h4-6,9H,3H2,1-2H3,(H2,13,15)(H,14,16)(H,17,18)/t6-,9-/m0/s1. The molecule has 0 aromatic carbocycles. The van der Waals surface area contributed by atoms with Crippen LogP contribution in [-0.2, 0) is 4.79 Å². The van der Waals surface area contributed by atoms with Gasteiger partial charge in [-0.05, 0) is 12.0 Å². The Labute approximate surface area is 114 Å². The van der Waals surface area contributed by atoms with Crippen LogP contribution in [0, 0.1) is 5.92 Å². The second-order valence-corrected chi connectivity index (χ2v) is 5.15. The van der Waals surface area contributed by atoms with Crippen molar-refractivity contribution in [1.29, 1.82) is 0 Å². The maximum atomic E-state index is 11.9. The fraction of sp³-hybridized carbons (Fsp3) is 0.417. The van der Waals surface area contributed by atoms with Crippen LogP contribution < -0.4 is 11.1 Å². The fourth-order valence-corrected chi connectivity index (χ4v) is 2.28. The molecule has 0 aliphatic heterocycles. The van der Waals surface area contributed by atoms with E-state index in [4.69, 9.17) is 10.8 Å². The number of aliphatic carboxylic acids is 1. The zero-order valence-electron chi connectivity index (χ0n) is 10.7. The first-order valence-electron chi connectivity index (χ1n) is 5.78. The van der Waals surface area contributed by atoms with Crippen molar-refractivity contribution >= 4 is 29.1 Å². The fourth-order valence-electron chi connectivity index (χ4n) is 1.48. The minimum Gasteiger partial charge on any atom is -0.480 e. The first-order valence-corrected chi connectivity index (χ1v) is 6.66. The van der Waals surface area contributed by atoms with Crippen LogP contribution in [0.5, 0.6) is 0 Å². The molecule has 0 bridgehead atoms.